The summed E-state index contributed by atoms with van der Waals surface area (Å²) in [5, 5.41) is 14.2. The van der Waals surface area contributed by atoms with Crippen molar-refractivity contribution in [2.75, 3.05) is 21.3 Å². The topological polar surface area (TPSA) is 47.9 Å². The third-order valence-electron chi connectivity index (χ3n) is 2.89. The summed E-state index contributed by atoms with van der Waals surface area (Å²) in [5.41, 5.74) is 1.48. The Balaban J connectivity index is 2.49. The van der Waals surface area contributed by atoms with Crippen molar-refractivity contribution in [2.45, 2.75) is 6.10 Å². The van der Waals surface area contributed by atoms with Crippen LogP contribution in [0.15, 0.2) is 29.0 Å². The van der Waals surface area contributed by atoms with Gasteiger partial charge in [0.25, 0.3) is 0 Å². The summed E-state index contributed by atoms with van der Waals surface area (Å²) < 4.78 is 15.8. The Morgan fingerprint density at radius 3 is 2.16 bits per heavy atom. The van der Waals surface area contributed by atoms with Crippen molar-refractivity contribution in [3.63, 3.8) is 0 Å². The van der Waals surface area contributed by atoms with E-state index in [1.54, 1.807) is 33.5 Å². The second-order valence-corrected chi connectivity index (χ2v) is 4.69. The molecular weight excluding hydrogens is 264 g/mol. The molecule has 2 aromatic rings. The van der Waals surface area contributed by atoms with Gasteiger partial charge in [0, 0.05) is 11.6 Å². The van der Waals surface area contributed by atoms with Crippen molar-refractivity contribution in [1.29, 1.82) is 0 Å². The summed E-state index contributed by atoms with van der Waals surface area (Å²) in [6.07, 6.45) is -0.749. The number of aliphatic hydroxyl groups excluding tert-OH is 1. The van der Waals surface area contributed by atoms with E-state index in [-0.39, 0.29) is 0 Å². The van der Waals surface area contributed by atoms with E-state index in [2.05, 4.69) is 0 Å². The molecule has 0 spiro atoms. The Hall–Kier alpha value is -1.72. The first-order valence-corrected chi connectivity index (χ1v) is 6.65. The molecule has 0 amide bonds. The highest BCUT2D eigenvalue weighted by molar-refractivity contribution is 7.07. The molecule has 0 saturated heterocycles. The van der Waals surface area contributed by atoms with E-state index in [1.807, 2.05) is 16.8 Å². The minimum Gasteiger partial charge on any atom is -0.496 e. The van der Waals surface area contributed by atoms with Gasteiger partial charge in [0.05, 0.1) is 21.3 Å². The molecule has 19 heavy (non-hydrogen) atoms. The monoisotopic (exact) mass is 280 g/mol. The molecule has 1 unspecified atom stereocenters. The van der Waals surface area contributed by atoms with E-state index in [4.69, 9.17) is 14.2 Å². The summed E-state index contributed by atoms with van der Waals surface area (Å²) in [5.74, 6) is 1.70. The minimum absolute atomic E-state index is 0.563. The van der Waals surface area contributed by atoms with Crippen LogP contribution >= 0.6 is 11.3 Å². The van der Waals surface area contributed by atoms with Gasteiger partial charge in [-0.3, -0.25) is 0 Å². The number of aliphatic hydroxyl groups is 1. The van der Waals surface area contributed by atoms with Crippen molar-refractivity contribution in [2.24, 2.45) is 0 Å². The minimum atomic E-state index is -0.749. The molecular formula is C14H16O4S. The number of hydrogen-bond donors (Lipinski definition) is 1. The van der Waals surface area contributed by atoms with Crippen LogP contribution in [0, 0.1) is 0 Å². The van der Waals surface area contributed by atoms with E-state index in [9.17, 15) is 5.11 Å². The third kappa shape index (κ3) is 2.67. The summed E-state index contributed by atoms with van der Waals surface area (Å²) in [6.45, 7) is 0. The van der Waals surface area contributed by atoms with E-state index in [0.717, 1.165) is 5.56 Å². The number of rotatable bonds is 5. The van der Waals surface area contributed by atoms with Gasteiger partial charge in [0.15, 0.2) is 11.5 Å². The van der Waals surface area contributed by atoms with Crippen LogP contribution in [0.25, 0.3) is 0 Å². The molecule has 0 aliphatic carbocycles. The van der Waals surface area contributed by atoms with E-state index < -0.39 is 6.10 Å². The molecule has 0 saturated carbocycles. The number of ether oxygens (including phenoxy) is 3. The largest absolute Gasteiger partial charge is 0.496 e. The van der Waals surface area contributed by atoms with Crippen LogP contribution in [0.2, 0.25) is 0 Å². The number of methoxy groups -OCH3 is 3. The van der Waals surface area contributed by atoms with Crippen molar-refractivity contribution < 1.29 is 19.3 Å². The fourth-order valence-corrected chi connectivity index (χ4v) is 2.56. The van der Waals surface area contributed by atoms with Crippen molar-refractivity contribution in [1.82, 2.24) is 0 Å². The Morgan fingerprint density at radius 1 is 1.00 bits per heavy atom. The lowest BCUT2D eigenvalue weighted by molar-refractivity contribution is 0.214. The van der Waals surface area contributed by atoms with Gasteiger partial charge in [-0.05, 0) is 28.5 Å². The molecule has 1 aromatic heterocycles. The quantitative estimate of drug-likeness (QED) is 0.915. The van der Waals surface area contributed by atoms with Crippen molar-refractivity contribution in [3.05, 3.63) is 40.1 Å². The molecule has 1 aromatic carbocycles. The van der Waals surface area contributed by atoms with E-state index in [0.29, 0.717) is 22.8 Å². The molecule has 1 atom stereocenters. The highest BCUT2D eigenvalue weighted by atomic mass is 32.1. The molecule has 0 radical (unpaired) electrons. The fourth-order valence-electron chi connectivity index (χ4n) is 1.88. The van der Waals surface area contributed by atoms with E-state index >= 15 is 0 Å². The lowest BCUT2D eigenvalue weighted by Gasteiger charge is -2.17. The molecule has 0 fully saturated rings. The highest BCUT2D eigenvalue weighted by Crippen LogP contribution is 2.39. The van der Waals surface area contributed by atoms with Gasteiger partial charge in [-0.2, -0.15) is 11.3 Å². The van der Waals surface area contributed by atoms with Crippen molar-refractivity contribution in [3.8, 4) is 17.2 Å². The molecule has 4 nitrogen and oxygen atoms in total. The van der Waals surface area contributed by atoms with Gasteiger partial charge in [0.2, 0.25) is 0 Å². The maximum Gasteiger partial charge on any atom is 0.164 e. The average molecular weight is 280 g/mol. The lowest BCUT2D eigenvalue weighted by Crippen LogP contribution is -2.03. The normalized spacial score (nSPS) is 12.0. The first-order valence-electron chi connectivity index (χ1n) is 5.71. The zero-order valence-corrected chi connectivity index (χ0v) is 11.9. The predicted molar refractivity (Wildman–Crippen MR) is 74.5 cm³/mol. The molecule has 1 heterocycles. The van der Waals surface area contributed by atoms with Gasteiger partial charge in [-0.15, -0.1) is 0 Å². The molecule has 0 aliphatic heterocycles. The first kappa shape index (κ1) is 13.7. The Bertz CT molecular complexity index is 537. The zero-order valence-electron chi connectivity index (χ0n) is 11.0. The van der Waals surface area contributed by atoms with Gasteiger partial charge >= 0.3 is 0 Å². The zero-order chi connectivity index (χ0) is 13.8. The van der Waals surface area contributed by atoms with Crippen LogP contribution in [-0.4, -0.2) is 26.4 Å². The van der Waals surface area contributed by atoms with Crippen LogP contribution in [0.3, 0.4) is 0 Å². The second-order valence-electron chi connectivity index (χ2n) is 3.91. The molecule has 5 heteroatoms. The lowest BCUT2D eigenvalue weighted by atomic mass is 10.0. The van der Waals surface area contributed by atoms with Crippen LogP contribution in [0.4, 0.5) is 0 Å². The average Bonchev–Trinajstić information content (AvgIpc) is 2.99. The fraction of sp³-hybridized carbons (Fsp3) is 0.286. The van der Waals surface area contributed by atoms with E-state index in [1.165, 1.54) is 11.3 Å². The van der Waals surface area contributed by atoms with Gasteiger partial charge in [0.1, 0.15) is 11.9 Å². The molecule has 1 N–H and O–H groups in total. The molecule has 0 aliphatic rings. The Labute approximate surface area is 116 Å². The molecule has 102 valence electrons. The van der Waals surface area contributed by atoms with Gasteiger partial charge in [-0.25, -0.2) is 0 Å². The predicted octanol–water partition coefficient (Wildman–Crippen LogP) is 2.86. The smallest absolute Gasteiger partial charge is 0.164 e. The number of benzene rings is 1. The summed E-state index contributed by atoms with van der Waals surface area (Å²) >= 11 is 1.54. The van der Waals surface area contributed by atoms with Crippen LogP contribution < -0.4 is 14.2 Å². The Morgan fingerprint density at radius 2 is 1.63 bits per heavy atom. The second kappa shape index (κ2) is 5.95. The first-order chi connectivity index (χ1) is 9.21. The number of thiophene rings is 1. The number of hydrogen-bond acceptors (Lipinski definition) is 5. The summed E-state index contributed by atoms with van der Waals surface area (Å²) in [4.78, 5) is 0. The summed E-state index contributed by atoms with van der Waals surface area (Å²) in [6, 6.07) is 5.33. The van der Waals surface area contributed by atoms with Crippen LogP contribution in [-0.2, 0) is 0 Å². The molecule has 0 bridgehead atoms. The highest BCUT2D eigenvalue weighted by Gasteiger charge is 2.19. The van der Waals surface area contributed by atoms with Crippen LogP contribution in [0.5, 0.6) is 17.2 Å². The SMILES string of the molecule is COc1cc(OC)c(C(O)c2ccsc2)cc1OC. The summed E-state index contributed by atoms with van der Waals surface area (Å²) in [7, 11) is 4.68. The standard InChI is InChI=1S/C14H16O4S/c1-16-11-7-13(18-3)12(17-2)6-10(11)14(15)9-4-5-19-8-9/h4-8,14-15H,1-3H3. The van der Waals surface area contributed by atoms with Crippen molar-refractivity contribution >= 4 is 11.3 Å². The Kier molecular flexibility index (Phi) is 4.29. The molecule has 2 rings (SSSR count). The third-order valence-corrected chi connectivity index (χ3v) is 3.59. The maximum absolute atomic E-state index is 10.4. The van der Waals surface area contributed by atoms with Gasteiger partial charge in [-0.1, -0.05) is 0 Å². The van der Waals surface area contributed by atoms with Gasteiger partial charge < -0.3 is 19.3 Å². The maximum atomic E-state index is 10.4. The van der Waals surface area contributed by atoms with Crippen LogP contribution in [0.1, 0.15) is 17.2 Å².